The second-order valence-electron chi connectivity index (χ2n) is 7.09. The lowest BCUT2D eigenvalue weighted by Gasteiger charge is -2.21. The summed E-state index contributed by atoms with van der Waals surface area (Å²) in [6.45, 7) is 4.74. The van der Waals surface area contributed by atoms with Gasteiger partial charge in [0.2, 0.25) is 15.9 Å². The molecule has 1 aliphatic rings. The molecule has 0 spiro atoms. The van der Waals surface area contributed by atoms with Crippen molar-refractivity contribution in [3.63, 3.8) is 0 Å². The van der Waals surface area contributed by atoms with Gasteiger partial charge in [-0.1, -0.05) is 48.9 Å². The van der Waals surface area contributed by atoms with Crippen LogP contribution >= 0.6 is 0 Å². The molecule has 28 heavy (non-hydrogen) atoms. The van der Waals surface area contributed by atoms with Gasteiger partial charge in [0.15, 0.2) is 0 Å². The number of carbonyl (C=O) groups excluding carboxylic acids is 1. The maximum absolute atomic E-state index is 12.7. The Morgan fingerprint density at radius 3 is 2.50 bits per heavy atom. The molecular weight excluding hydrogens is 372 g/mol. The van der Waals surface area contributed by atoms with E-state index in [9.17, 15) is 13.2 Å². The molecule has 0 radical (unpaired) electrons. The molecule has 0 bridgehead atoms. The molecule has 2 aromatic rings. The molecule has 0 aliphatic heterocycles. The fourth-order valence-corrected chi connectivity index (χ4v) is 4.12. The number of hydrogen-bond acceptors (Lipinski definition) is 3. The Bertz CT molecular complexity index is 962. The number of nitrogens with one attached hydrogen (secondary N) is 1. The number of hydrogen-bond donors (Lipinski definition) is 1. The zero-order chi connectivity index (χ0) is 20.1. The summed E-state index contributed by atoms with van der Waals surface area (Å²) >= 11 is 0. The molecule has 0 unspecified atom stereocenters. The Morgan fingerprint density at radius 1 is 1.18 bits per heavy atom. The summed E-state index contributed by atoms with van der Waals surface area (Å²) in [5.74, 6) is -0.0200. The van der Waals surface area contributed by atoms with Crippen molar-refractivity contribution in [2.45, 2.75) is 44.2 Å². The lowest BCUT2D eigenvalue weighted by atomic mass is 10.1. The molecule has 1 fully saturated rings. The number of benzene rings is 2. The first-order chi connectivity index (χ1) is 13.4. The minimum atomic E-state index is -3.46. The molecule has 1 aliphatic carbocycles. The van der Waals surface area contributed by atoms with Gasteiger partial charge in [-0.2, -0.15) is 0 Å². The van der Waals surface area contributed by atoms with E-state index in [1.807, 2.05) is 30.0 Å². The maximum Gasteiger partial charge on any atom is 0.247 e. The summed E-state index contributed by atoms with van der Waals surface area (Å²) in [7, 11) is -3.46. The first kappa shape index (κ1) is 20.3. The van der Waals surface area contributed by atoms with E-state index < -0.39 is 10.0 Å². The van der Waals surface area contributed by atoms with Crippen LogP contribution in [-0.2, 0) is 21.4 Å². The van der Waals surface area contributed by atoms with Gasteiger partial charge in [0, 0.05) is 25.2 Å². The fraction of sp³-hybridized carbons (Fsp3) is 0.318. The number of amides is 1. The van der Waals surface area contributed by atoms with E-state index in [4.69, 9.17) is 0 Å². The van der Waals surface area contributed by atoms with Crippen LogP contribution in [0.4, 0.5) is 0 Å². The molecular formula is C22H26N2O3S. The highest BCUT2D eigenvalue weighted by Crippen LogP contribution is 2.29. The minimum absolute atomic E-state index is 0.0200. The molecule has 2 aromatic carbocycles. The van der Waals surface area contributed by atoms with E-state index >= 15 is 0 Å². The van der Waals surface area contributed by atoms with Crippen molar-refractivity contribution >= 4 is 22.0 Å². The summed E-state index contributed by atoms with van der Waals surface area (Å²) in [4.78, 5) is 14.9. The average Bonchev–Trinajstić information content (AvgIpc) is 3.49. The van der Waals surface area contributed by atoms with E-state index in [0.29, 0.717) is 19.1 Å². The highest BCUT2D eigenvalue weighted by atomic mass is 32.2. The first-order valence-corrected chi connectivity index (χ1v) is 11.0. The third kappa shape index (κ3) is 5.30. The molecule has 0 heterocycles. The van der Waals surface area contributed by atoms with Gasteiger partial charge in [0.1, 0.15) is 0 Å². The molecule has 3 rings (SSSR count). The zero-order valence-electron chi connectivity index (χ0n) is 16.3. The monoisotopic (exact) mass is 398 g/mol. The van der Waals surface area contributed by atoms with Crippen molar-refractivity contribution in [3.05, 3.63) is 71.3 Å². The Balaban J connectivity index is 1.69. The van der Waals surface area contributed by atoms with Gasteiger partial charge in [-0.15, -0.1) is 0 Å². The number of sulfonamides is 1. The fourth-order valence-electron chi connectivity index (χ4n) is 3.08. The van der Waals surface area contributed by atoms with Gasteiger partial charge in [-0.25, -0.2) is 13.1 Å². The molecule has 0 atom stereocenters. The number of carbonyl (C=O) groups is 1. The van der Waals surface area contributed by atoms with E-state index in [0.717, 1.165) is 24.0 Å². The molecule has 6 heteroatoms. The Kier molecular flexibility index (Phi) is 6.31. The molecule has 1 N–H and O–H groups in total. The van der Waals surface area contributed by atoms with Crippen LogP contribution in [0.15, 0.2) is 59.5 Å². The van der Waals surface area contributed by atoms with Gasteiger partial charge in [-0.3, -0.25) is 4.79 Å². The molecule has 148 valence electrons. The van der Waals surface area contributed by atoms with Gasteiger partial charge in [0.05, 0.1) is 4.90 Å². The van der Waals surface area contributed by atoms with E-state index in [-0.39, 0.29) is 10.8 Å². The second-order valence-corrected chi connectivity index (χ2v) is 8.86. The number of aryl methyl sites for hydroxylation is 1. The number of rotatable bonds is 8. The summed E-state index contributed by atoms with van der Waals surface area (Å²) in [6.07, 6.45) is 5.39. The van der Waals surface area contributed by atoms with Crippen molar-refractivity contribution in [1.82, 2.24) is 9.62 Å². The molecule has 1 amide bonds. The van der Waals surface area contributed by atoms with Crippen molar-refractivity contribution in [3.8, 4) is 0 Å². The Morgan fingerprint density at radius 2 is 1.89 bits per heavy atom. The Labute approximate surface area is 167 Å². The summed E-state index contributed by atoms with van der Waals surface area (Å²) in [5, 5.41) is 0. The quantitative estimate of drug-likeness (QED) is 0.692. The topological polar surface area (TPSA) is 66.5 Å². The van der Waals surface area contributed by atoms with Crippen molar-refractivity contribution in [1.29, 1.82) is 0 Å². The highest BCUT2D eigenvalue weighted by molar-refractivity contribution is 7.89. The van der Waals surface area contributed by atoms with Crippen LogP contribution < -0.4 is 4.72 Å². The van der Waals surface area contributed by atoms with Crippen LogP contribution in [0.1, 0.15) is 36.5 Å². The summed E-state index contributed by atoms with van der Waals surface area (Å²) in [5.41, 5.74) is 3.10. The van der Waals surface area contributed by atoms with Gasteiger partial charge in [0.25, 0.3) is 0 Å². The zero-order valence-corrected chi connectivity index (χ0v) is 17.1. The van der Waals surface area contributed by atoms with E-state index in [1.165, 1.54) is 5.56 Å². The molecule has 0 saturated heterocycles. The number of nitrogens with zero attached hydrogens (tertiary/aromatic N) is 1. The van der Waals surface area contributed by atoms with Crippen LogP contribution in [0, 0.1) is 6.92 Å². The third-order valence-corrected chi connectivity index (χ3v) is 6.21. The third-order valence-electron chi connectivity index (χ3n) is 4.65. The van der Waals surface area contributed by atoms with Crippen molar-refractivity contribution < 1.29 is 13.2 Å². The van der Waals surface area contributed by atoms with Crippen molar-refractivity contribution in [2.24, 2.45) is 0 Å². The molecule has 5 nitrogen and oxygen atoms in total. The van der Waals surface area contributed by atoms with E-state index in [2.05, 4.69) is 10.8 Å². The maximum atomic E-state index is 12.7. The Hall–Kier alpha value is -2.44. The molecule has 0 aromatic heterocycles. The largest absolute Gasteiger partial charge is 0.332 e. The first-order valence-electron chi connectivity index (χ1n) is 9.53. The van der Waals surface area contributed by atoms with Gasteiger partial charge >= 0.3 is 0 Å². The van der Waals surface area contributed by atoms with Gasteiger partial charge in [-0.05, 0) is 49.1 Å². The summed E-state index contributed by atoms with van der Waals surface area (Å²) in [6, 6.07) is 15.0. The van der Waals surface area contributed by atoms with Crippen LogP contribution in [0.3, 0.4) is 0 Å². The normalized spacial score (nSPS) is 14.4. The lowest BCUT2D eigenvalue weighted by Crippen LogP contribution is -2.31. The SMILES string of the molecule is CCNS(=O)(=O)c1ccc(/C=C/C(=O)N(Cc2cccc(C)c2)C2CC2)cc1. The summed E-state index contributed by atoms with van der Waals surface area (Å²) < 4.78 is 26.4. The second kappa shape index (κ2) is 8.71. The predicted molar refractivity (Wildman–Crippen MR) is 111 cm³/mol. The molecule has 1 saturated carbocycles. The highest BCUT2D eigenvalue weighted by Gasteiger charge is 2.31. The van der Waals surface area contributed by atoms with E-state index in [1.54, 1.807) is 43.3 Å². The smallest absolute Gasteiger partial charge is 0.247 e. The standard InChI is InChI=1S/C22H26N2O3S/c1-3-23-28(26,27)21-12-7-18(8-13-21)9-14-22(25)24(20-10-11-20)16-19-6-4-5-17(2)15-19/h4-9,12-15,20,23H,3,10-11,16H2,1-2H3/b14-9+. The van der Waals surface area contributed by atoms with Crippen molar-refractivity contribution in [2.75, 3.05) is 6.54 Å². The van der Waals surface area contributed by atoms with Gasteiger partial charge < -0.3 is 4.90 Å². The van der Waals surface area contributed by atoms with Crippen LogP contribution in [0.2, 0.25) is 0 Å². The lowest BCUT2D eigenvalue weighted by molar-refractivity contribution is -0.127. The van der Waals surface area contributed by atoms with Crippen LogP contribution in [0.25, 0.3) is 6.08 Å². The minimum Gasteiger partial charge on any atom is -0.332 e. The predicted octanol–water partition coefficient (Wildman–Crippen LogP) is 3.50. The van der Waals surface area contributed by atoms with Crippen LogP contribution in [0.5, 0.6) is 0 Å². The van der Waals surface area contributed by atoms with Crippen LogP contribution in [-0.4, -0.2) is 31.8 Å². The average molecular weight is 399 g/mol.